The summed E-state index contributed by atoms with van der Waals surface area (Å²) in [6, 6.07) is 56.2. The van der Waals surface area contributed by atoms with Crippen molar-refractivity contribution >= 4 is 5.57 Å². The van der Waals surface area contributed by atoms with Gasteiger partial charge < -0.3 is 0 Å². The largest absolute Gasteiger partial charge is 0.228 e. The molecule has 0 saturated carbocycles. The van der Waals surface area contributed by atoms with E-state index in [4.69, 9.17) is 9.97 Å². The first-order valence-electron chi connectivity index (χ1n) is 17.9. The highest BCUT2D eigenvalue weighted by Crippen LogP contribution is 2.52. The lowest BCUT2D eigenvalue weighted by Crippen LogP contribution is -2.15. The van der Waals surface area contributed by atoms with Crippen molar-refractivity contribution in [1.29, 1.82) is 0 Å². The number of benzene rings is 6. The van der Waals surface area contributed by atoms with Crippen LogP contribution in [0.1, 0.15) is 37.8 Å². The first-order valence-corrected chi connectivity index (χ1v) is 17.9. The molecule has 2 nitrogen and oxygen atoms in total. The van der Waals surface area contributed by atoms with E-state index in [1.807, 2.05) is 12.1 Å². The van der Waals surface area contributed by atoms with Crippen molar-refractivity contribution in [2.45, 2.75) is 32.1 Å². The molecule has 7 aromatic rings. The van der Waals surface area contributed by atoms with Crippen LogP contribution >= 0.6 is 0 Å². The summed E-state index contributed by atoms with van der Waals surface area (Å²) in [5.41, 5.74) is 17.8. The molecule has 2 aliphatic rings. The minimum absolute atomic E-state index is 0.0506. The van der Waals surface area contributed by atoms with Gasteiger partial charge in [-0.2, -0.15) is 0 Å². The first kappa shape index (κ1) is 30.9. The Kier molecular flexibility index (Phi) is 7.66. The number of fused-ring (bicyclic) bond motifs is 3. The van der Waals surface area contributed by atoms with E-state index in [0.717, 1.165) is 52.0 Å². The minimum atomic E-state index is 0.0506. The van der Waals surface area contributed by atoms with Gasteiger partial charge in [-0.15, -0.1) is 0 Å². The molecule has 0 spiro atoms. The summed E-state index contributed by atoms with van der Waals surface area (Å²) in [5, 5.41) is 0. The second-order valence-electron chi connectivity index (χ2n) is 14.1. The zero-order chi connectivity index (χ0) is 34.4. The van der Waals surface area contributed by atoms with Crippen molar-refractivity contribution in [3.63, 3.8) is 0 Å². The summed E-state index contributed by atoms with van der Waals surface area (Å²) in [4.78, 5) is 10.3. The molecular weight excluding hydrogens is 617 g/mol. The van der Waals surface area contributed by atoms with Crippen LogP contribution in [0.4, 0.5) is 0 Å². The molecule has 0 amide bonds. The van der Waals surface area contributed by atoms with Crippen molar-refractivity contribution in [2.24, 2.45) is 0 Å². The highest BCUT2D eigenvalue weighted by atomic mass is 14.9. The Morgan fingerprint density at radius 2 is 0.922 bits per heavy atom. The Morgan fingerprint density at radius 3 is 1.57 bits per heavy atom. The second-order valence-corrected chi connectivity index (χ2v) is 14.1. The van der Waals surface area contributed by atoms with E-state index in [9.17, 15) is 0 Å². The zero-order valence-electron chi connectivity index (χ0n) is 29.0. The van der Waals surface area contributed by atoms with Crippen LogP contribution in [0.25, 0.3) is 72.9 Å². The van der Waals surface area contributed by atoms with Crippen LogP contribution in [0.2, 0.25) is 0 Å². The number of nitrogens with zero attached hydrogens (tertiary/aromatic N) is 2. The monoisotopic (exact) mass is 654 g/mol. The van der Waals surface area contributed by atoms with Crippen molar-refractivity contribution < 1.29 is 0 Å². The lowest BCUT2D eigenvalue weighted by Gasteiger charge is -2.23. The number of hydrogen-bond donors (Lipinski definition) is 0. The summed E-state index contributed by atoms with van der Waals surface area (Å²) >= 11 is 0. The lowest BCUT2D eigenvalue weighted by atomic mass is 9.80. The molecule has 0 unspecified atom stereocenters. The van der Waals surface area contributed by atoms with Crippen LogP contribution in [0.15, 0.2) is 175 Å². The molecular formula is C49H38N2. The Balaban J connectivity index is 1.14. The lowest BCUT2D eigenvalue weighted by molar-refractivity contribution is 0.654. The Morgan fingerprint density at radius 1 is 0.412 bits per heavy atom. The molecule has 2 heteroatoms. The van der Waals surface area contributed by atoms with Crippen molar-refractivity contribution in [3.05, 3.63) is 187 Å². The molecule has 0 aliphatic heterocycles. The molecule has 1 heterocycles. The Hall–Kier alpha value is -6.12. The van der Waals surface area contributed by atoms with Crippen LogP contribution < -0.4 is 0 Å². The van der Waals surface area contributed by atoms with Crippen LogP contribution in [0.3, 0.4) is 0 Å². The van der Waals surface area contributed by atoms with Crippen molar-refractivity contribution in [1.82, 2.24) is 9.97 Å². The summed E-state index contributed by atoms with van der Waals surface area (Å²) in [5.74, 6) is 0.708. The average molecular weight is 655 g/mol. The molecule has 51 heavy (non-hydrogen) atoms. The van der Waals surface area contributed by atoms with Crippen LogP contribution in [0.5, 0.6) is 0 Å². The van der Waals surface area contributed by atoms with Gasteiger partial charge in [0.05, 0.1) is 11.4 Å². The molecule has 9 rings (SSSR count). The second kappa shape index (κ2) is 12.6. The van der Waals surface area contributed by atoms with Gasteiger partial charge in [0.25, 0.3) is 0 Å². The quantitative estimate of drug-likeness (QED) is 0.178. The molecule has 0 fully saturated rings. The molecule has 244 valence electrons. The summed E-state index contributed by atoms with van der Waals surface area (Å²) in [7, 11) is 0. The molecule has 0 bridgehead atoms. The molecule has 0 N–H and O–H groups in total. The Bertz CT molecular complexity index is 2400. The predicted octanol–water partition coefficient (Wildman–Crippen LogP) is 12.9. The Labute approximate surface area is 300 Å². The van der Waals surface area contributed by atoms with Gasteiger partial charge >= 0.3 is 0 Å². The fourth-order valence-electron chi connectivity index (χ4n) is 7.88. The number of aromatic nitrogens is 2. The third kappa shape index (κ3) is 5.63. The summed E-state index contributed by atoms with van der Waals surface area (Å²) < 4.78 is 0. The van der Waals surface area contributed by atoms with Gasteiger partial charge in [-0.05, 0) is 86.7 Å². The van der Waals surface area contributed by atoms with Crippen LogP contribution in [-0.4, -0.2) is 9.97 Å². The van der Waals surface area contributed by atoms with Crippen LogP contribution in [0, 0.1) is 0 Å². The number of hydrogen-bond acceptors (Lipinski definition) is 2. The normalized spacial score (nSPS) is 14.3. The maximum absolute atomic E-state index is 5.14. The summed E-state index contributed by atoms with van der Waals surface area (Å²) in [6.45, 7) is 4.73. The number of allylic oxidation sites excluding steroid dienone is 4. The van der Waals surface area contributed by atoms with E-state index >= 15 is 0 Å². The van der Waals surface area contributed by atoms with E-state index in [1.165, 1.54) is 44.5 Å². The van der Waals surface area contributed by atoms with Gasteiger partial charge in [-0.3, -0.25) is 0 Å². The standard InChI is InChI=1S/C49H38N2/c1-49(2)44-21-13-12-20-41(44)43-30-38(27-29-45(43)49)33-22-24-35(25-23-33)42-31-39(26-28-40(42)34-14-6-3-7-15-34)48-50-46(36-16-8-4-9-17-36)32-47(51-48)37-18-10-5-11-19-37/h3-11,14-32H,12-13H2,1-2H3. The third-order valence-corrected chi connectivity index (χ3v) is 10.6. The van der Waals surface area contributed by atoms with E-state index in [2.05, 4.69) is 172 Å². The van der Waals surface area contributed by atoms with Crippen molar-refractivity contribution in [3.8, 4) is 67.3 Å². The van der Waals surface area contributed by atoms with E-state index < -0.39 is 0 Å². The average Bonchev–Trinajstić information content (AvgIpc) is 3.44. The maximum Gasteiger partial charge on any atom is 0.160 e. The predicted molar refractivity (Wildman–Crippen MR) is 213 cm³/mol. The molecule has 1 aromatic heterocycles. The SMILES string of the molecule is CC1(C)C2=CCCC=C2c2cc(-c3ccc(-c4cc(-c5nc(-c6ccccc6)cc(-c6ccccc6)n5)ccc4-c4ccccc4)cc3)ccc21. The van der Waals surface area contributed by atoms with Crippen molar-refractivity contribution in [2.75, 3.05) is 0 Å². The molecule has 0 saturated heterocycles. The summed E-state index contributed by atoms with van der Waals surface area (Å²) in [6.07, 6.45) is 7.14. The van der Waals surface area contributed by atoms with E-state index in [1.54, 1.807) is 0 Å². The maximum atomic E-state index is 5.14. The molecule has 0 radical (unpaired) electrons. The topological polar surface area (TPSA) is 25.8 Å². The third-order valence-electron chi connectivity index (χ3n) is 10.6. The van der Waals surface area contributed by atoms with Gasteiger partial charge in [0, 0.05) is 22.1 Å². The smallest absolute Gasteiger partial charge is 0.160 e. The zero-order valence-corrected chi connectivity index (χ0v) is 29.0. The number of rotatable bonds is 6. The van der Waals surface area contributed by atoms with Gasteiger partial charge in [0.15, 0.2) is 5.82 Å². The molecule has 6 aromatic carbocycles. The van der Waals surface area contributed by atoms with E-state index in [-0.39, 0.29) is 5.41 Å². The van der Waals surface area contributed by atoms with Gasteiger partial charge in [0.2, 0.25) is 0 Å². The van der Waals surface area contributed by atoms with Gasteiger partial charge in [-0.25, -0.2) is 9.97 Å². The molecule has 0 atom stereocenters. The minimum Gasteiger partial charge on any atom is -0.228 e. The van der Waals surface area contributed by atoms with E-state index in [0.29, 0.717) is 5.82 Å². The fraction of sp³-hybridized carbons (Fsp3) is 0.102. The van der Waals surface area contributed by atoms with Gasteiger partial charge in [-0.1, -0.05) is 166 Å². The molecule has 2 aliphatic carbocycles. The first-order chi connectivity index (χ1) is 25.0. The van der Waals surface area contributed by atoms with Gasteiger partial charge in [0.1, 0.15) is 0 Å². The highest BCUT2D eigenvalue weighted by molar-refractivity contribution is 5.92. The highest BCUT2D eigenvalue weighted by Gasteiger charge is 2.38. The fourth-order valence-corrected chi connectivity index (χ4v) is 7.88. The van der Waals surface area contributed by atoms with Crippen LogP contribution in [-0.2, 0) is 5.41 Å².